The fourth-order valence-corrected chi connectivity index (χ4v) is 3.72. The summed E-state index contributed by atoms with van der Waals surface area (Å²) in [6.45, 7) is 2.32. The van der Waals surface area contributed by atoms with Crippen molar-refractivity contribution < 1.29 is 9.90 Å². The maximum Gasteiger partial charge on any atom is 0.127 e. The third-order valence-corrected chi connectivity index (χ3v) is 4.83. The van der Waals surface area contributed by atoms with Crippen molar-refractivity contribution in [3.8, 4) is 0 Å². The molecule has 1 aliphatic carbocycles. The van der Waals surface area contributed by atoms with E-state index in [1.165, 1.54) is 44.8 Å². The Kier molecular flexibility index (Phi) is 5.19. The lowest BCUT2D eigenvalue weighted by molar-refractivity contribution is -0.119. The van der Waals surface area contributed by atoms with E-state index in [0.29, 0.717) is 6.04 Å². The predicted octanol–water partition coefficient (Wildman–Crippen LogP) is 2.37. The molecule has 1 N–H and O–H groups in total. The Morgan fingerprint density at radius 3 is 2.61 bits per heavy atom. The van der Waals surface area contributed by atoms with Crippen LogP contribution in [0.15, 0.2) is 0 Å². The Morgan fingerprint density at radius 1 is 1.17 bits per heavy atom. The monoisotopic (exact) mass is 253 g/mol. The number of carbonyl (C=O) groups is 1. The van der Waals surface area contributed by atoms with Crippen molar-refractivity contribution in [1.82, 2.24) is 4.90 Å². The number of hydrogen-bond acceptors (Lipinski definition) is 3. The van der Waals surface area contributed by atoms with Crippen LogP contribution >= 0.6 is 0 Å². The van der Waals surface area contributed by atoms with Gasteiger partial charge in [-0.25, -0.2) is 0 Å². The summed E-state index contributed by atoms with van der Waals surface area (Å²) in [7, 11) is 0. The van der Waals surface area contributed by atoms with Gasteiger partial charge < -0.3 is 9.90 Å². The zero-order valence-electron chi connectivity index (χ0n) is 11.4. The molecule has 1 heterocycles. The van der Waals surface area contributed by atoms with Crippen molar-refractivity contribution in [2.45, 2.75) is 63.8 Å². The molecule has 104 valence electrons. The highest BCUT2D eigenvalue weighted by Crippen LogP contribution is 2.36. The summed E-state index contributed by atoms with van der Waals surface area (Å²) in [5.74, 6) is 0. The maximum absolute atomic E-state index is 11.5. The molecule has 1 aliphatic heterocycles. The van der Waals surface area contributed by atoms with E-state index in [0.717, 1.165) is 32.4 Å². The van der Waals surface area contributed by atoms with Crippen molar-refractivity contribution in [3.05, 3.63) is 0 Å². The molecule has 0 aromatic carbocycles. The van der Waals surface area contributed by atoms with Crippen LogP contribution in [0.5, 0.6) is 0 Å². The third-order valence-electron chi connectivity index (χ3n) is 4.83. The molecule has 0 aromatic heterocycles. The van der Waals surface area contributed by atoms with Gasteiger partial charge in [0.05, 0.1) is 0 Å². The number of nitrogens with zero attached hydrogens (tertiary/aromatic N) is 1. The predicted molar refractivity (Wildman–Crippen MR) is 72.5 cm³/mol. The summed E-state index contributed by atoms with van der Waals surface area (Å²) < 4.78 is 0. The first kappa shape index (κ1) is 14.0. The number of likely N-dealkylation sites (tertiary alicyclic amines) is 1. The van der Waals surface area contributed by atoms with Crippen LogP contribution in [0.2, 0.25) is 0 Å². The first-order valence-electron chi connectivity index (χ1n) is 7.61. The normalized spacial score (nSPS) is 29.1. The SMILES string of the molecule is O=CC1(CN2CCCCC2CCO)CCCCC1. The number of aliphatic hydroxyl groups excluding tert-OH is 1. The van der Waals surface area contributed by atoms with E-state index in [1.54, 1.807) is 0 Å². The summed E-state index contributed by atoms with van der Waals surface area (Å²) in [5.41, 5.74) is -0.0801. The number of rotatable bonds is 5. The topological polar surface area (TPSA) is 40.5 Å². The molecular formula is C15H27NO2. The number of piperidine rings is 1. The Labute approximate surface area is 111 Å². The second-order valence-electron chi connectivity index (χ2n) is 6.17. The minimum atomic E-state index is -0.0801. The van der Waals surface area contributed by atoms with Crippen LogP contribution in [-0.2, 0) is 4.79 Å². The minimum Gasteiger partial charge on any atom is -0.396 e. The average Bonchev–Trinajstić information content (AvgIpc) is 2.42. The molecule has 0 amide bonds. The molecule has 1 saturated carbocycles. The van der Waals surface area contributed by atoms with Crippen LogP contribution in [0.3, 0.4) is 0 Å². The number of aldehydes is 1. The van der Waals surface area contributed by atoms with Crippen molar-refractivity contribution in [2.75, 3.05) is 19.7 Å². The third kappa shape index (κ3) is 3.33. The quantitative estimate of drug-likeness (QED) is 0.765. The van der Waals surface area contributed by atoms with Gasteiger partial charge in [-0.15, -0.1) is 0 Å². The second-order valence-corrected chi connectivity index (χ2v) is 6.17. The number of aliphatic hydroxyl groups is 1. The summed E-state index contributed by atoms with van der Waals surface area (Å²) in [6.07, 6.45) is 11.6. The molecule has 1 atom stereocenters. The zero-order valence-corrected chi connectivity index (χ0v) is 11.4. The van der Waals surface area contributed by atoms with E-state index in [4.69, 9.17) is 5.11 Å². The highest BCUT2D eigenvalue weighted by Gasteiger charge is 2.36. The molecule has 0 bridgehead atoms. The Balaban J connectivity index is 1.97. The van der Waals surface area contributed by atoms with E-state index in [-0.39, 0.29) is 12.0 Å². The van der Waals surface area contributed by atoms with Gasteiger partial charge in [0.25, 0.3) is 0 Å². The van der Waals surface area contributed by atoms with Gasteiger partial charge in [-0.3, -0.25) is 4.90 Å². The summed E-state index contributed by atoms with van der Waals surface area (Å²) >= 11 is 0. The fourth-order valence-electron chi connectivity index (χ4n) is 3.72. The van der Waals surface area contributed by atoms with Gasteiger partial charge in [-0.05, 0) is 38.6 Å². The van der Waals surface area contributed by atoms with E-state index in [2.05, 4.69) is 4.90 Å². The lowest BCUT2D eigenvalue weighted by atomic mass is 9.74. The molecule has 0 spiro atoms. The molecule has 2 aliphatic rings. The van der Waals surface area contributed by atoms with Crippen LogP contribution in [0.25, 0.3) is 0 Å². The van der Waals surface area contributed by atoms with Gasteiger partial charge in [0, 0.05) is 24.6 Å². The summed E-state index contributed by atoms with van der Waals surface area (Å²) in [6, 6.07) is 0.502. The first-order chi connectivity index (χ1) is 8.79. The van der Waals surface area contributed by atoms with Gasteiger partial charge >= 0.3 is 0 Å². The summed E-state index contributed by atoms with van der Waals surface area (Å²) in [4.78, 5) is 14.0. The second kappa shape index (κ2) is 6.67. The Bertz CT molecular complexity index is 259. The van der Waals surface area contributed by atoms with Crippen molar-refractivity contribution >= 4 is 6.29 Å². The minimum absolute atomic E-state index is 0.0801. The van der Waals surface area contributed by atoms with Crippen LogP contribution in [0.1, 0.15) is 57.8 Å². The number of carbonyl (C=O) groups excluding carboxylic acids is 1. The standard InChI is InChI=1S/C15H27NO2/c17-11-7-14-6-2-5-10-16(14)12-15(13-18)8-3-1-4-9-15/h13-14,17H,1-12H2. The van der Waals surface area contributed by atoms with E-state index in [1.807, 2.05) is 0 Å². The van der Waals surface area contributed by atoms with Crippen molar-refractivity contribution in [1.29, 1.82) is 0 Å². The highest BCUT2D eigenvalue weighted by molar-refractivity contribution is 5.60. The van der Waals surface area contributed by atoms with E-state index in [9.17, 15) is 4.79 Å². The molecule has 1 unspecified atom stereocenters. The fraction of sp³-hybridized carbons (Fsp3) is 0.933. The smallest absolute Gasteiger partial charge is 0.127 e. The lowest BCUT2D eigenvalue weighted by Gasteiger charge is -2.42. The highest BCUT2D eigenvalue weighted by atomic mass is 16.3. The molecule has 0 aromatic rings. The van der Waals surface area contributed by atoms with Gasteiger partial charge in [0.15, 0.2) is 0 Å². The molecule has 2 rings (SSSR count). The molecule has 3 heteroatoms. The Hall–Kier alpha value is -0.410. The molecule has 1 saturated heterocycles. The van der Waals surface area contributed by atoms with E-state index >= 15 is 0 Å². The van der Waals surface area contributed by atoms with Crippen molar-refractivity contribution in [2.24, 2.45) is 5.41 Å². The maximum atomic E-state index is 11.5. The average molecular weight is 253 g/mol. The molecule has 0 radical (unpaired) electrons. The molecule has 2 fully saturated rings. The first-order valence-corrected chi connectivity index (χ1v) is 7.61. The molecule has 18 heavy (non-hydrogen) atoms. The van der Waals surface area contributed by atoms with Gasteiger partial charge in [-0.1, -0.05) is 25.7 Å². The van der Waals surface area contributed by atoms with Crippen LogP contribution in [0, 0.1) is 5.41 Å². The van der Waals surface area contributed by atoms with Crippen LogP contribution < -0.4 is 0 Å². The van der Waals surface area contributed by atoms with Gasteiger partial charge in [-0.2, -0.15) is 0 Å². The Morgan fingerprint density at radius 2 is 1.94 bits per heavy atom. The van der Waals surface area contributed by atoms with Crippen LogP contribution in [0.4, 0.5) is 0 Å². The molecule has 3 nitrogen and oxygen atoms in total. The summed E-state index contributed by atoms with van der Waals surface area (Å²) in [5, 5.41) is 9.17. The lowest BCUT2D eigenvalue weighted by Crippen LogP contribution is -2.47. The largest absolute Gasteiger partial charge is 0.396 e. The zero-order chi connectivity index (χ0) is 12.8. The van der Waals surface area contributed by atoms with Gasteiger partial charge in [0.1, 0.15) is 6.29 Å². The van der Waals surface area contributed by atoms with Crippen molar-refractivity contribution in [3.63, 3.8) is 0 Å². The van der Waals surface area contributed by atoms with E-state index < -0.39 is 0 Å². The van der Waals surface area contributed by atoms with Crippen LogP contribution in [-0.4, -0.2) is 42.0 Å². The number of hydrogen-bond donors (Lipinski definition) is 1. The van der Waals surface area contributed by atoms with Gasteiger partial charge in [0.2, 0.25) is 0 Å². The molecular weight excluding hydrogens is 226 g/mol.